The molecule has 0 saturated heterocycles. The molecule has 0 saturated carbocycles. The van der Waals surface area contributed by atoms with E-state index in [0.29, 0.717) is 22.4 Å². The number of aromatic amines is 1. The van der Waals surface area contributed by atoms with Crippen molar-refractivity contribution in [2.45, 2.75) is 27.2 Å². The number of carbonyl (C=O) groups is 4. The third-order valence-electron chi connectivity index (χ3n) is 6.74. The van der Waals surface area contributed by atoms with Crippen LogP contribution in [0.4, 0.5) is 16.3 Å². The highest BCUT2D eigenvalue weighted by atomic mass is 31.2. The Kier molecular flexibility index (Phi) is 11.1. The summed E-state index contributed by atoms with van der Waals surface area (Å²) in [7, 11) is -4.72. The number of hydrogen-bond acceptors (Lipinski definition) is 11. The molecule has 0 unspecified atom stereocenters. The minimum atomic E-state index is -4.72. The first-order valence-corrected chi connectivity index (χ1v) is 15.6. The molecule has 2 aromatic heterocycles. The number of imide groups is 1. The minimum Gasteiger partial charge on any atom is -0.428 e. The number of anilines is 2. The van der Waals surface area contributed by atoms with E-state index in [2.05, 4.69) is 25.3 Å². The predicted octanol–water partition coefficient (Wildman–Crippen LogP) is 4.12. The van der Waals surface area contributed by atoms with Gasteiger partial charge in [-0.05, 0) is 61.7 Å². The second-order valence-corrected chi connectivity index (χ2v) is 11.2. The summed E-state index contributed by atoms with van der Waals surface area (Å²) in [5, 5.41) is 17.8. The summed E-state index contributed by atoms with van der Waals surface area (Å²) in [5.41, 5.74) is 2.66. The summed E-state index contributed by atoms with van der Waals surface area (Å²) in [5.74, 6) is -1.88. The predicted molar refractivity (Wildman–Crippen MR) is 169 cm³/mol. The zero-order chi connectivity index (χ0) is 35.0. The van der Waals surface area contributed by atoms with Gasteiger partial charge in [0.2, 0.25) is 6.79 Å². The van der Waals surface area contributed by atoms with Crippen LogP contribution in [0.3, 0.4) is 0 Å². The topological polar surface area (TPSA) is 246 Å². The van der Waals surface area contributed by atoms with Gasteiger partial charge in [-0.2, -0.15) is 0 Å². The van der Waals surface area contributed by atoms with Crippen molar-refractivity contribution in [1.29, 1.82) is 5.41 Å². The van der Waals surface area contributed by atoms with Gasteiger partial charge in [0.05, 0.1) is 17.7 Å². The van der Waals surface area contributed by atoms with Gasteiger partial charge in [0.25, 0.3) is 11.8 Å². The van der Waals surface area contributed by atoms with Crippen molar-refractivity contribution < 1.29 is 52.1 Å². The second kappa shape index (κ2) is 15.2. The fourth-order valence-corrected chi connectivity index (χ4v) is 4.68. The van der Waals surface area contributed by atoms with Crippen molar-refractivity contribution in [3.63, 3.8) is 0 Å². The number of aryl methyl sites for hydroxylation is 1. The molecule has 17 nitrogen and oxygen atoms in total. The highest BCUT2D eigenvalue weighted by Gasteiger charge is 2.27. The van der Waals surface area contributed by atoms with Gasteiger partial charge in [-0.3, -0.25) is 29.6 Å². The molecule has 6 N–H and O–H groups in total. The Morgan fingerprint density at radius 1 is 1.04 bits per heavy atom. The van der Waals surface area contributed by atoms with E-state index in [-0.39, 0.29) is 41.6 Å². The van der Waals surface area contributed by atoms with E-state index < -0.39 is 38.5 Å². The van der Waals surface area contributed by atoms with E-state index in [1.807, 2.05) is 0 Å². The smallest absolute Gasteiger partial charge is 0.428 e. The number of H-pyrrole nitrogens is 1. The maximum absolute atomic E-state index is 13.3. The van der Waals surface area contributed by atoms with E-state index in [9.17, 15) is 23.7 Å². The molecule has 0 atom stereocenters. The summed E-state index contributed by atoms with van der Waals surface area (Å²) >= 11 is 0. The van der Waals surface area contributed by atoms with Gasteiger partial charge in [0, 0.05) is 30.1 Å². The molecule has 0 spiro atoms. The van der Waals surface area contributed by atoms with E-state index in [4.69, 9.17) is 29.2 Å². The lowest BCUT2D eigenvalue weighted by Gasteiger charge is -2.18. The molecule has 2 aromatic carbocycles. The number of nitrogens with one attached hydrogen (secondary N) is 4. The second-order valence-electron chi connectivity index (χ2n) is 10.1. The van der Waals surface area contributed by atoms with Crippen LogP contribution in [0.25, 0.3) is 0 Å². The number of amides is 3. The lowest BCUT2D eigenvalue weighted by atomic mass is 10.1. The number of hydrogen-bond donors (Lipinski definition) is 6. The first-order chi connectivity index (χ1) is 22.8. The molecule has 0 bridgehead atoms. The highest BCUT2D eigenvalue weighted by molar-refractivity contribution is 7.46. The van der Waals surface area contributed by atoms with Crippen LogP contribution in [0, 0.1) is 19.3 Å². The van der Waals surface area contributed by atoms with E-state index in [1.54, 1.807) is 39.0 Å². The standard InChI is InChI=1S/C30H31N6O11P/c1-4-36(30(40)45-16-44-25(37)13-19-6-9-21(10-7-19)47-48(41,42)43)29(39)22-15-32-26(18(22)3)27(31)33-23-14-20(8-5-17(23)2)28(38)34-24-11-12-46-35-24/h5-12,14-15,32H,4,13,16H2,1-3H3,(H2,31,33)(H,34,35,38)(H2,41,42,43). The van der Waals surface area contributed by atoms with Crippen molar-refractivity contribution >= 4 is 49.0 Å². The van der Waals surface area contributed by atoms with Gasteiger partial charge in [-0.1, -0.05) is 23.4 Å². The molecular formula is C30H31N6O11P. The Morgan fingerprint density at radius 3 is 2.42 bits per heavy atom. The first-order valence-electron chi connectivity index (χ1n) is 14.1. The number of phosphoric acid groups is 1. The molecule has 0 fully saturated rings. The van der Waals surface area contributed by atoms with Gasteiger partial charge < -0.3 is 34.1 Å². The van der Waals surface area contributed by atoms with Crippen LogP contribution in [0.15, 0.2) is 65.5 Å². The largest absolute Gasteiger partial charge is 0.524 e. The number of aromatic nitrogens is 2. The van der Waals surface area contributed by atoms with Gasteiger partial charge in [0.1, 0.15) is 17.8 Å². The zero-order valence-electron chi connectivity index (χ0n) is 25.8. The van der Waals surface area contributed by atoms with Gasteiger partial charge in [-0.15, -0.1) is 0 Å². The zero-order valence-corrected chi connectivity index (χ0v) is 26.7. The Morgan fingerprint density at radius 2 is 1.77 bits per heavy atom. The average molecular weight is 683 g/mol. The average Bonchev–Trinajstić information content (AvgIpc) is 3.68. The van der Waals surface area contributed by atoms with Crippen LogP contribution in [0.2, 0.25) is 0 Å². The van der Waals surface area contributed by atoms with Gasteiger partial charge in [0.15, 0.2) is 5.82 Å². The fraction of sp³-hybridized carbons (Fsp3) is 0.200. The van der Waals surface area contributed by atoms with Crippen LogP contribution in [0.1, 0.15) is 50.0 Å². The van der Waals surface area contributed by atoms with Crippen molar-refractivity contribution in [3.8, 4) is 5.75 Å². The molecule has 3 amide bonds. The number of rotatable bonds is 12. The van der Waals surface area contributed by atoms with Crippen molar-refractivity contribution in [2.75, 3.05) is 24.0 Å². The number of ether oxygens (including phenoxy) is 2. The quantitative estimate of drug-likeness (QED) is 0.0405. The van der Waals surface area contributed by atoms with E-state index in [1.165, 1.54) is 42.8 Å². The lowest BCUT2D eigenvalue weighted by Crippen LogP contribution is -2.38. The van der Waals surface area contributed by atoms with Crippen molar-refractivity contribution in [3.05, 3.63) is 94.5 Å². The van der Waals surface area contributed by atoms with Crippen LogP contribution in [0.5, 0.6) is 5.75 Å². The maximum Gasteiger partial charge on any atom is 0.524 e. The molecule has 2 heterocycles. The molecular weight excluding hydrogens is 651 g/mol. The normalized spacial score (nSPS) is 10.9. The van der Waals surface area contributed by atoms with E-state index in [0.717, 1.165) is 10.5 Å². The molecule has 48 heavy (non-hydrogen) atoms. The molecule has 18 heteroatoms. The Hall–Kier alpha value is -5.77. The number of esters is 1. The summed E-state index contributed by atoms with van der Waals surface area (Å²) in [6.45, 7) is 4.08. The number of carbonyl (C=O) groups excluding carboxylic acids is 4. The molecule has 0 aliphatic rings. The third kappa shape index (κ3) is 9.16. The van der Waals surface area contributed by atoms with Crippen LogP contribution >= 0.6 is 7.82 Å². The van der Waals surface area contributed by atoms with Crippen molar-refractivity contribution in [2.24, 2.45) is 0 Å². The third-order valence-corrected chi connectivity index (χ3v) is 7.19. The number of phosphoric ester groups is 1. The first kappa shape index (κ1) is 35.1. The molecule has 0 aliphatic carbocycles. The van der Waals surface area contributed by atoms with Crippen molar-refractivity contribution in [1.82, 2.24) is 15.0 Å². The van der Waals surface area contributed by atoms with E-state index >= 15 is 0 Å². The Bertz CT molecular complexity index is 1870. The lowest BCUT2D eigenvalue weighted by molar-refractivity contribution is -0.151. The summed E-state index contributed by atoms with van der Waals surface area (Å²) in [4.78, 5) is 72.2. The number of nitrogens with zero attached hydrogens (tertiary/aromatic N) is 2. The minimum absolute atomic E-state index is 0.0767. The molecule has 252 valence electrons. The van der Waals surface area contributed by atoms with Crippen LogP contribution in [-0.2, 0) is 25.3 Å². The van der Waals surface area contributed by atoms with Gasteiger partial charge in [-0.25, -0.2) is 14.3 Å². The van der Waals surface area contributed by atoms with Crippen LogP contribution in [-0.4, -0.2) is 67.9 Å². The highest BCUT2D eigenvalue weighted by Crippen LogP contribution is 2.37. The SMILES string of the molecule is CCN(C(=O)OCOC(=O)Cc1ccc(OP(=O)(O)O)cc1)C(=O)c1c[nH]c(C(=N)Nc2cc(C(=O)Nc3ccon3)ccc2C)c1C. The Balaban J connectivity index is 1.32. The van der Waals surface area contributed by atoms with Gasteiger partial charge >= 0.3 is 19.9 Å². The summed E-state index contributed by atoms with van der Waals surface area (Å²) in [6.07, 6.45) is 1.36. The monoisotopic (exact) mass is 682 g/mol. The molecule has 0 radical (unpaired) electrons. The maximum atomic E-state index is 13.3. The Labute approximate surface area is 272 Å². The molecule has 4 rings (SSSR count). The summed E-state index contributed by atoms with van der Waals surface area (Å²) in [6, 6.07) is 11.7. The van der Waals surface area contributed by atoms with Crippen LogP contribution < -0.4 is 15.2 Å². The number of amidine groups is 1. The number of benzene rings is 2. The summed E-state index contributed by atoms with van der Waals surface area (Å²) < 4.78 is 30.0. The fourth-order valence-electron chi connectivity index (χ4n) is 4.29. The molecule has 0 aliphatic heterocycles. The molecule has 4 aromatic rings.